The van der Waals surface area contributed by atoms with Crippen molar-refractivity contribution in [2.24, 2.45) is 0 Å². The van der Waals surface area contributed by atoms with Gasteiger partial charge in [0.2, 0.25) is 0 Å². The van der Waals surface area contributed by atoms with Gasteiger partial charge in [0.15, 0.2) is 0 Å². The van der Waals surface area contributed by atoms with Crippen LogP contribution in [0.2, 0.25) is 0 Å². The monoisotopic (exact) mass is 429 g/mol. The molecule has 0 saturated carbocycles. The second-order valence-corrected chi connectivity index (χ2v) is 13.0. The molecule has 0 unspecified atom stereocenters. The Hall–Kier alpha value is -1.25. The van der Waals surface area contributed by atoms with Crippen molar-refractivity contribution in [2.75, 3.05) is 0 Å². The van der Waals surface area contributed by atoms with E-state index in [1.165, 1.54) is 30.0 Å². The van der Waals surface area contributed by atoms with E-state index in [2.05, 4.69) is 91.0 Å². The van der Waals surface area contributed by atoms with Crippen LogP contribution in [0.5, 0.6) is 0 Å². The van der Waals surface area contributed by atoms with Crippen LogP contribution in [-0.2, 0) is 13.3 Å². The third-order valence-corrected chi connectivity index (χ3v) is 11.7. The molecular formula is C21H22ClSn. The summed E-state index contributed by atoms with van der Waals surface area (Å²) in [7, 11) is 0. The molecule has 0 N–H and O–H groups in total. The van der Waals surface area contributed by atoms with Crippen LogP contribution < -0.4 is 0 Å². The van der Waals surface area contributed by atoms with Crippen molar-refractivity contribution in [3.8, 4) is 0 Å². The Balaban J connectivity index is 0.00000192. The Bertz CT molecular complexity index is 569. The fourth-order valence-corrected chi connectivity index (χ4v) is 10.9. The van der Waals surface area contributed by atoms with Gasteiger partial charge in [0.1, 0.15) is 0 Å². The molecule has 0 amide bonds. The van der Waals surface area contributed by atoms with E-state index in [-0.39, 0.29) is 12.4 Å². The molecule has 3 aromatic rings. The molecule has 0 fully saturated rings. The Morgan fingerprint density at radius 1 is 0.435 bits per heavy atom. The molecule has 1 radical (unpaired) electrons. The van der Waals surface area contributed by atoms with Gasteiger partial charge in [-0.3, -0.25) is 0 Å². The van der Waals surface area contributed by atoms with Crippen molar-refractivity contribution >= 4 is 32.2 Å². The molecule has 0 bridgehead atoms. The first kappa shape index (κ1) is 18.1. The van der Waals surface area contributed by atoms with Gasteiger partial charge in [-0.15, -0.1) is 12.4 Å². The second-order valence-electron chi connectivity index (χ2n) is 5.74. The van der Waals surface area contributed by atoms with Crippen molar-refractivity contribution in [1.29, 1.82) is 0 Å². The van der Waals surface area contributed by atoms with Gasteiger partial charge >= 0.3 is 141 Å². The van der Waals surface area contributed by atoms with Gasteiger partial charge in [0.05, 0.1) is 0 Å². The van der Waals surface area contributed by atoms with Gasteiger partial charge in [-0.2, -0.15) is 0 Å². The summed E-state index contributed by atoms with van der Waals surface area (Å²) in [5.74, 6) is 0. The average Bonchev–Trinajstić information content (AvgIpc) is 2.57. The Kier molecular flexibility index (Phi) is 7.70. The summed E-state index contributed by atoms with van der Waals surface area (Å²) in [5.41, 5.74) is 4.55. The van der Waals surface area contributed by atoms with Crippen LogP contribution in [0.3, 0.4) is 0 Å². The quantitative estimate of drug-likeness (QED) is 0.471. The maximum atomic E-state index is 2.29. The predicted octanol–water partition coefficient (Wildman–Crippen LogP) is 5.25. The molecular weight excluding hydrogens is 406 g/mol. The van der Waals surface area contributed by atoms with Crippen LogP contribution in [-0.4, -0.2) is 19.8 Å². The van der Waals surface area contributed by atoms with Gasteiger partial charge in [-0.05, 0) is 0 Å². The second kappa shape index (κ2) is 9.79. The molecule has 0 aliphatic heterocycles. The fourth-order valence-electron chi connectivity index (χ4n) is 2.84. The molecule has 2 heteroatoms. The molecule has 0 aliphatic rings. The number of benzene rings is 3. The van der Waals surface area contributed by atoms with E-state index in [1.807, 2.05) is 0 Å². The van der Waals surface area contributed by atoms with E-state index in [0.717, 1.165) is 0 Å². The summed E-state index contributed by atoms with van der Waals surface area (Å²) in [6, 6.07) is 33.1. The van der Waals surface area contributed by atoms with Crippen molar-refractivity contribution in [2.45, 2.75) is 13.3 Å². The third kappa shape index (κ3) is 6.04. The number of halogens is 1. The molecule has 0 nitrogen and oxygen atoms in total. The summed E-state index contributed by atoms with van der Waals surface area (Å²) in [5, 5.41) is 0. The van der Waals surface area contributed by atoms with E-state index in [0.29, 0.717) is 0 Å². The van der Waals surface area contributed by atoms with Crippen LogP contribution in [0.1, 0.15) is 16.7 Å². The van der Waals surface area contributed by atoms with Gasteiger partial charge in [-0.1, -0.05) is 0 Å². The minimum absolute atomic E-state index is 0. The van der Waals surface area contributed by atoms with Gasteiger partial charge in [-0.25, -0.2) is 0 Å². The zero-order valence-corrected chi connectivity index (χ0v) is 16.9. The van der Waals surface area contributed by atoms with Crippen molar-refractivity contribution < 1.29 is 0 Å². The zero-order chi connectivity index (χ0) is 15.0. The minimum atomic E-state index is -1.56. The van der Waals surface area contributed by atoms with Gasteiger partial charge in [0, 0.05) is 0 Å². The van der Waals surface area contributed by atoms with Crippen LogP contribution in [0, 0.1) is 0 Å². The van der Waals surface area contributed by atoms with Crippen LogP contribution in [0.4, 0.5) is 0 Å². The van der Waals surface area contributed by atoms with Gasteiger partial charge < -0.3 is 0 Å². The normalized spacial score (nSPS) is 10.3. The van der Waals surface area contributed by atoms with Crippen LogP contribution in [0.25, 0.3) is 0 Å². The first-order chi connectivity index (χ1) is 10.9. The molecule has 3 rings (SSSR count). The molecule has 3 aromatic carbocycles. The summed E-state index contributed by atoms with van der Waals surface area (Å²) in [6.07, 6.45) is 0. The average molecular weight is 429 g/mol. The number of hydrogen-bond acceptors (Lipinski definition) is 0. The molecule has 23 heavy (non-hydrogen) atoms. The number of rotatable bonds is 6. The fraction of sp³-hybridized carbons (Fsp3) is 0.143. The first-order valence-corrected chi connectivity index (χ1v) is 13.9. The Morgan fingerprint density at radius 2 is 0.696 bits per heavy atom. The van der Waals surface area contributed by atoms with Crippen LogP contribution in [0.15, 0.2) is 91.0 Å². The summed E-state index contributed by atoms with van der Waals surface area (Å²) >= 11 is -1.56. The zero-order valence-electron chi connectivity index (χ0n) is 13.2. The van der Waals surface area contributed by atoms with Crippen molar-refractivity contribution in [3.63, 3.8) is 0 Å². The van der Waals surface area contributed by atoms with Crippen molar-refractivity contribution in [3.05, 3.63) is 108 Å². The first-order valence-electron chi connectivity index (χ1n) is 7.85. The SMILES string of the molecule is Cl.c1ccc([CH2][Sn]([CH2]c2ccccc2)[CH2]c2ccccc2)cc1. The van der Waals surface area contributed by atoms with E-state index >= 15 is 0 Å². The van der Waals surface area contributed by atoms with E-state index in [4.69, 9.17) is 0 Å². The molecule has 0 spiro atoms. The third-order valence-electron chi connectivity index (χ3n) is 3.89. The Labute approximate surface area is 152 Å². The van der Waals surface area contributed by atoms with Gasteiger partial charge in [0.25, 0.3) is 0 Å². The van der Waals surface area contributed by atoms with Crippen LogP contribution >= 0.6 is 12.4 Å². The predicted molar refractivity (Wildman–Crippen MR) is 103 cm³/mol. The summed E-state index contributed by atoms with van der Waals surface area (Å²) < 4.78 is 3.98. The molecule has 0 aliphatic carbocycles. The van der Waals surface area contributed by atoms with E-state index < -0.39 is 19.8 Å². The maximum absolute atomic E-state index is 2.29. The molecule has 0 heterocycles. The van der Waals surface area contributed by atoms with Crippen molar-refractivity contribution in [1.82, 2.24) is 0 Å². The molecule has 0 saturated heterocycles. The standard InChI is InChI=1S/3C7H7.ClH.Sn/c3*1-7-5-3-2-4-6-7;;/h3*2-6H,1H2;1H;. The summed E-state index contributed by atoms with van der Waals surface area (Å²) in [6.45, 7) is 0. The molecule has 117 valence electrons. The summed E-state index contributed by atoms with van der Waals surface area (Å²) in [4.78, 5) is 0. The molecule has 0 aromatic heterocycles. The van der Waals surface area contributed by atoms with E-state index in [1.54, 1.807) is 0 Å². The topological polar surface area (TPSA) is 0 Å². The number of hydrogen-bond donors (Lipinski definition) is 0. The molecule has 0 atom stereocenters. The Morgan fingerprint density at radius 3 is 0.957 bits per heavy atom. The van der Waals surface area contributed by atoms with E-state index in [9.17, 15) is 0 Å².